The van der Waals surface area contributed by atoms with Crippen LogP contribution in [0.25, 0.3) is 0 Å². The molecule has 1 aliphatic heterocycles. The van der Waals surface area contributed by atoms with Gasteiger partial charge in [-0.3, -0.25) is 5.10 Å². The SMILES string of the molecule is N#CN1CSC=C1Oc1cccc(Cc2ccn[nH]2)c1. The van der Waals surface area contributed by atoms with Crippen LogP contribution in [0.1, 0.15) is 11.3 Å². The predicted molar refractivity (Wildman–Crippen MR) is 76.5 cm³/mol. The summed E-state index contributed by atoms with van der Waals surface area (Å²) in [5.41, 5.74) is 2.18. The highest BCUT2D eigenvalue weighted by Crippen LogP contribution is 2.26. The van der Waals surface area contributed by atoms with Crippen LogP contribution in [0.3, 0.4) is 0 Å². The van der Waals surface area contributed by atoms with Gasteiger partial charge in [0.05, 0.1) is 5.88 Å². The third-order valence-electron chi connectivity index (χ3n) is 2.85. The molecule has 2 heterocycles. The Morgan fingerprint density at radius 2 is 2.40 bits per heavy atom. The summed E-state index contributed by atoms with van der Waals surface area (Å²) in [6, 6.07) is 9.78. The smallest absolute Gasteiger partial charge is 0.216 e. The van der Waals surface area contributed by atoms with Gasteiger partial charge in [-0.1, -0.05) is 12.1 Å². The van der Waals surface area contributed by atoms with Gasteiger partial charge in [0.2, 0.25) is 5.88 Å². The van der Waals surface area contributed by atoms with Crippen molar-refractivity contribution in [1.82, 2.24) is 15.1 Å². The lowest BCUT2D eigenvalue weighted by Gasteiger charge is -2.13. The Balaban J connectivity index is 1.73. The summed E-state index contributed by atoms with van der Waals surface area (Å²) in [7, 11) is 0. The molecule has 5 nitrogen and oxygen atoms in total. The van der Waals surface area contributed by atoms with Crippen molar-refractivity contribution in [2.75, 3.05) is 5.88 Å². The molecule has 0 saturated heterocycles. The van der Waals surface area contributed by atoms with Crippen LogP contribution in [0.4, 0.5) is 0 Å². The van der Waals surface area contributed by atoms with E-state index in [4.69, 9.17) is 10.00 Å². The van der Waals surface area contributed by atoms with Gasteiger partial charge in [-0.05, 0) is 23.8 Å². The molecule has 0 fully saturated rings. The summed E-state index contributed by atoms with van der Waals surface area (Å²) < 4.78 is 5.76. The Morgan fingerprint density at radius 3 is 3.20 bits per heavy atom. The van der Waals surface area contributed by atoms with Crippen molar-refractivity contribution >= 4 is 11.8 Å². The predicted octanol–water partition coefficient (Wildman–Crippen LogP) is 2.67. The molecule has 1 aromatic heterocycles. The second-order valence-electron chi connectivity index (χ2n) is 4.29. The Morgan fingerprint density at radius 1 is 1.45 bits per heavy atom. The first-order chi connectivity index (χ1) is 9.85. The zero-order chi connectivity index (χ0) is 13.8. The van der Waals surface area contributed by atoms with E-state index >= 15 is 0 Å². The van der Waals surface area contributed by atoms with Crippen LogP contribution in [0, 0.1) is 11.5 Å². The fourth-order valence-corrected chi connectivity index (χ4v) is 2.64. The highest BCUT2D eigenvalue weighted by atomic mass is 32.2. The van der Waals surface area contributed by atoms with E-state index in [0.29, 0.717) is 11.8 Å². The molecule has 100 valence electrons. The van der Waals surface area contributed by atoms with E-state index in [9.17, 15) is 0 Å². The van der Waals surface area contributed by atoms with Gasteiger partial charge in [-0.25, -0.2) is 4.90 Å². The molecule has 6 heteroatoms. The molecule has 0 radical (unpaired) electrons. The lowest BCUT2D eigenvalue weighted by molar-refractivity contribution is 0.308. The number of aromatic amines is 1. The number of benzene rings is 1. The minimum Gasteiger partial charge on any atom is -0.440 e. The molecule has 0 aliphatic carbocycles. The molecule has 0 saturated carbocycles. The van der Waals surface area contributed by atoms with Gasteiger partial charge < -0.3 is 4.74 Å². The van der Waals surface area contributed by atoms with E-state index in [-0.39, 0.29) is 0 Å². The van der Waals surface area contributed by atoms with Crippen molar-refractivity contribution in [3.63, 3.8) is 0 Å². The second kappa shape index (κ2) is 5.72. The van der Waals surface area contributed by atoms with Gasteiger partial charge in [0.25, 0.3) is 0 Å². The molecule has 2 aromatic rings. The Labute approximate surface area is 120 Å². The van der Waals surface area contributed by atoms with Gasteiger partial charge in [-0.15, -0.1) is 11.8 Å². The molecule has 0 spiro atoms. The fraction of sp³-hybridized carbons (Fsp3) is 0.143. The van der Waals surface area contributed by atoms with Crippen LogP contribution in [0.5, 0.6) is 5.75 Å². The standard InChI is InChI=1S/C14H12N4OS/c15-9-18-10-20-8-14(18)19-13-3-1-2-11(7-13)6-12-4-5-16-17-12/h1-5,7-8H,6,10H2,(H,16,17). The number of H-pyrrole nitrogens is 1. The van der Waals surface area contributed by atoms with Crippen molar-refractivity contribution < 1.29 is 4.74 Å². The molecule has 0 unspecified atom stereocenters. The van der Waals surface area contributed by atoms with Crippen LogP contribution in [0.15, 0.2) is 47.8 Å². The fourth-order valence-electron chi connectivity index (χ4n) is 1.91. The van der Waals surface area contributed by atoms with E-state index in [1.165, 1.54) is 4.90 Å². The van der Waals surface area contributed by atoms with Crippen LogP contribution in [-0.4, -0.2) is 21.0 Å². The second-order valence-corrected chi connectivity index (χ2v) is 5.12. The molecular formula is C14H12N4OS. The summed E-state index contributed by atoms with van der Waals surface area (Å²) in [5, 5.41) is 17.7. The zero-order valence-corrected chi connectivity index (χ0v) is 11.4. The Kier molecular flexibility index (Phi) is 3.61. The number of aromatic nitrogens is 2. The number of thioether (sulfide) groups is 1. The number of hydrogen-bond donors (Lipinski definition) is 1. The quantitative estimate of drug-likeness (QED) is 0.874. The first-order valence-corrected chi connectivity index (χ1v) is 7.14. The summed E-state index contributed by atoms with van der Waals surface area (Å²) in [5.74, 6) is 1.92. The van der Waals surface area contributed by atoms with Crippen LogP contribution < -0.4 is 4.74 Å². The lowest BCUT2D eigenvalue weighted by Crippen LogP contribution is -2.15. The monoisotopic (exact) mass is 284 g/mol. The van der Waals surface area contributed by atoms with Gasteiger partial charge >= 0.3 is 0 Å². The van der Waals surface area contributed by atoms with Gasteiger partial charge in [0.1, 0.15) is 5.75 Å². The van der Waals surface area contributed by atoms with Gasteiger partial charge in [0.15, 0.2) is 6.19 Å². The van der Waals surface area contributed by atoms with Gasteiger partial charge in [0, 0.05) is 23.7 Å². The van der Waals surface area contributed by atoms with Gasteiger partial charge in [-0.2, -0.15) is 10.4 Å². The molecule has 1 aromatic carbocycles. The molecule has 1 aliphatic rings. The van der Waals surface area contributed by atoms with Crippen molar-refractivity contribution in [2.24, 2.45) is 0 Å². The number of hydrogen-bond acceptors (Lipinski definition) is 5. The number of nitrogens with zero attached hydrogens (tertiary/aromatic N) is 3. The Bertz CT molecular complexity index is 660. The lowest BCUT2D eigenvalue weighted by atomic mass is 10.1. The molecular weight excluding hydrogens is 272 g/mol. The summed E-state index contributed by atoms with van der Waals surface area (Å²) in [4.78, 5) is 1.52. The number of ether oxygens (including phenoxy) is 1. The minimum absolute atomic E-state index is 0.580. The maximum absolute atomic E-state index is 8.97. The topological polar surface area (TPSA) is 64.9 Å². The highest BCUT2D eigenvalue weighted by Gasteiger charge is 2.17. The van der Waals surface area contributed by atoms with E-state index < -0.39 is 0 Å². The molecule has 20 heavy (non-hydrogen) atoms. The van der Waals surface area contributed by atoms with Crippen molar-refractivity contribution in [3.8, 4) is 11.9 Å². The molecule has 0 atom stereocenters. The Hall–Kier alpha value is -2.39. The normalized spacial score (nSPS) is 13.9. The van der Waals surface area contributed by atoms with Crippen LogP contribution in [-0.2, 0) is 6.42 Å². The maximum atomic E-state index is 8.97. The molecule has 3 rings (SSSR count). The third-order valence-corrected chi connectivity index (χ3v) is 3.62. The summed E-state index contributed by atoms with van der Waals surface area (Å²) in [6.45, 7) is 0. The largest absolute Gasteiger partial charge is 0.440 e. The highest BCUT2D eigenvalue weighted by molar-refractivity contribution is 8.02. The first kappa shape index (κ1) is 12.6. The number of rotatable bonds is 4. The summed E-state index contributed by atoms with van der Waals surface area (Å²) in [6.07, 6.45) is 4.60. The van der Waals surface area contributed by atoms with Crippen molar-refractivity contribution in [3.05, 3.63) is 59.1 Å². The van der Waals surface area contributed by atoms with E-state index in [1.807, 2.05) is 35.7 Å². The number of nitriles is 1. The molecule has 0 amide bonds. The zero-order valence-electron chi connectivity index (χ0n) is 10.6. The first-order valence-electron chi connectivity index (χ1n) is 6.09. The maximum Gasteiger partial charge on any atom is 0.216 e. The van der Waals surface area contributed by atoms with Crippen molar-refractivity contribution in [2.45, 2.75) is 6.42 Å². The third kappa shape index (κ3) is 2.78. The molecule has 1 N–H and O–H groups in total. The van der Waals surface area contributed by atoms with Crippen LogP contribution >= 0.6 is 11.8 Å². The van der Waals surface area contributed by atoms with E-state index in [2.05, 4.69) is 16.4 Å². The van der Waals surface area contributed by atoms with Crippen molar-refractivity contribution in [1.29, 1.82) is 5.26 Å². The average molecular weight is 284 g/mol. The van der Waals surface area contributed by atoms with E-state index in [1.54, 1.807) is 18.0 Å². The average Bonchev–Trinajstić information content (AvgIpc) is 3.10. The summed E-state index contributed by atoms with van der Waals surface area (Å²) >= 11 is 1.55. The molecule has 0 bridgehead atoms. The van der Waals surface area contributed by atoms with Crippen LogP contribution in [0.2, 0.25) is 0 Å². The minimum atomic E-state index is 0.580. The number of nitrogens with one attached hydrogen (secondary N) is 1. The van der Waals surface area contributed by atoms with E-state index in [0.717, 1.165) is 23.4 Å².